The van der Waals surface area contributed by atoms with Crippen LogP contribution < -0.4 is 16.4 Å². The minimum Gasteiger partial charge on any atom is -0.464 e. The lowest BCUT2D eigenvalue weighted by Gasteiger charge is -2.13. The number of esters is 1. The van der Waals surface area contributed by atoms with Crippen LogP contribution in [-0.4, -0.2) is 42.1 Å². The molecule has 4 rings (SSSR count). The summed E-state index contributed by atoms with van der Waals surface area (Å²) in [5, 5.41) is 5.26. The van der Waals surface area contributed by atoms with Gasteiger partial charge in [0.05, 0.1) is 18.5 Å². The van der Waals surface area contributed by atoms with Gasteiger partial charge in [-0.1, -0.05) is 18.2 Å². The monoisotopic (exact) mass is 478 g/mol. The number of benzene rings is 2. The fraction of sp³-hybridized carbons (Fsp3) is 0.200. The molecule has 9 nitrogen and oxygen atoms in total. The highest BCUT2D eigenvalue weighted by atomic mass is 19.1. The Balaban J connectivity index is 1.50. The Hall–Kier alpha value is -4.15. The van der Waals surface area contributed by atoms with Crippen LogP contribution in [0.5, 0.6) is 0 Å². The van der Waals surface area contributed by atoms with Gasteiger partial charge in [0.1, 0.15) is 6.61 Å². The third-order valence-corrected chi connectivity index (χ3v) is 5.37. The summed E-state index contributed by atoms with van der Waals surface area (Å²) in [5.74, 6) is -2.03. The fourth-order valence-electron chi connectivity index (χ4n) is 3.60. The molecule has 4 N–H and O–H groups in total. The zero-order chi connectivity index (χ0) is 24.8. The number of anilines is 2. The van der Waals surface area contributed by atoms with Crippen molar-refractivity contribution in [2.45, 2.75) is 19.1 Å². The quantitative estimate of drug-likeness (QED) is 0.424. The molecule has 180 valence electrons. The Labute approximate surface area is 200 Å². The van der Waals surface area contributed by atoms with E-state index in [0.717, 1.165) is 11.8 Å². The molecule has 1 saturated heterocycles. The number of pyridine rings is 1. The average Bonchev–Trinajstić information content (AvgIpc) is 3.28. The van der Waals surface area contributed by atoms with Crippen LogP contribution >= 0.6 is 0 Å². The van der Waals surface area contributed by atoms with Gasteiger partial charge >= 0.3 is 5.97 Å². The minimum atomic E-state index is -0.728. The van der Waals surface area contributed by atoms with E-state index in [0.29, 0.717) is 28.8 Å². The molecule has 3 aromatic rings. The van der Waals surface area contributed by atoms with E-state index in [4.69, 9.17) is 15.2 Å². The molecule has 2 aromatic carbocycles. The lowest BCUT2D eigenvalue weighted by molar-refractivity contribution is -0.148. The van der Waals surface area contributed by atoms with Crippen molar-refractivity contribution in [2.24, 2.45) is 5.73 Å². The van der Waals surface area contributed by atoms with Crippen molar-refractivity contribution in [1.82, 2.24) is 4.98 Å². The van der Waals surface area contributed by atoms with Gasteiger partial charge in [-0.05, 0) is 47.0 Å². The number of hydrogen-bond donors (Lipinski definition) is 3. The highest BCUT2D eigenvalue weighted by Crippen LogP contribution is 2.28. The van der Waals surface area contributed by atoms with Crippen molar-refractivity contribution < 1.29 is 28.2 Å². The summed E-state index contributed by atoms with van der Waals surface area (Å²) in [7, 11) is 0. The number of amides is 2. The van der Waals surface area contributed by atoms with Gasteiger partial charge < -0.3 is 25.8 Å². The van der Waals surface area contributed by atoms with E-state index in [-0.39, 0.29) is 25.4 Å². The molecule has 2 heterocycles. The predicted octanol–water partition coefficient (Wildman–Crippen LogP) is 2.87. The van der Waals surface area contributed by atoms with Crippen LogP contribution in [0.4, 0.5) is 15.8 Å². The summed E-state index contributed by atoms with van der Waals surface area (Å²) in [6.45, 7) is 0.211. The average molecular weight is 478 g/mol. The standard InChI is InChI=1S/C25H23FN4O5/c26-20-13-28-8-6-21(20)30-24(32)16-4-5-17(12-27)19(11-16)15-2-1-3-18(10-15)29-23(31)14-35-22-7-9-34-25(22)33/h1-6,8,10-11,13,22H,7,9,12,14,27H2,(H,29,31)(H,28,30,32). The maximum absolute atomic E-state index is 13.9. The summed E-state index contributed by atoms with van der Waals surface area (Å²) in [6, 6.07) is 13.4. The van der Waals surface area contributed by atoms with Crippen LogP contribution in [0, 0.1) is 5.82 Å². The lowest BCUT2D eigenvalue weighted by Crippen LogP contribution is -2.25. The zero-order valence-corrected chi connectivity index (χ0v) is 18.6. The molecule has 1 atom stereocenters. The second kappa shape index (κ2) is 10.9. The molecule has 1 aliphatic heterocycles. The molecule has 0 radical (unpaired) electrons. The molecule has 0 bridgehead atoms. The smallest absolute Gasteiger partial charge is 0.335 e. The van der Waals surface area contributed by atoms with E-state index in [1.807, 2.05) is 6.07 Å². The van der Waals surface area contributed by atoms with Crippen molar-refractivity contribution in [2.75, 3.05) is 23.8 Å². The van der Waals surface area contributed by atoms with Gasteiger partial charge in [0.25, 0.3) is 5.91 Å². The Morgan fingerprint density at radius 1 is 1.17 bits per heavy atom. The number of carbonyl (C=O) groups excluding carboxylic acids is 3. The van der Waals surface area contributed by atoms with Crippen molar-refractivity contribution >= 4 is 29.2 Å². The lowest BCUT2D eigenvalue weighted by atomic mass is 9.96. The van der Waals surface area contributed by atoms with E-state index in [9.17, 15) is 18.8 Å². The van der Waals surface area contributed by atoms with Gasteiger partial charge in [-0.3, -0.25) is 14.6 Å². The number of carbonyl (C=O) groups is 3. The van der Waals surface area contributed by atoms with Gasteiger partial charge in [0.15, 0.2) is 11.9 Å². The number of rotatable bonds is 8. The van der Waals surface area contributed by atoms with Gasteiger partial charge in [-0.15, -0.1) is 0 Å². The summed E-state index contributed by atoms with van der Waals surface area (Å²) in [6.07, 6.45) is 2.09. The Morgan fingerprint density at radius 2 is 2.03 bits per heavy atom. The zero-order valence-electron chi connectivity index (χ0n) is 18.6. The first kappa shape index (κ1) is 24.0. The predicted molar refractivity (Wildman–Crippen MR) is 126 cm³/mol. The molecule has 10 heteroatoms. The van der Waals surface area contributed by atoms with E-state index in [2.05, 4.69) is 15.6 Å². The second-order valence-corrected chi connectivity index (χ2v) is 7.77. The fourth-order valence-corrected chi connectivity index (χ4v) is 3.60. The first-order chi connectivity index (χ1) is 16.9. The maximum atomic E-state index is 13.9. The van der Waals surface area contributed by atoms with E-state index in [1.54, 1.807) is 36.4 Å². The molecule has 0 aliphatic carbocycles. The Morgan fingerprint density at radius 3 is 2.77 bits per heavy atom. The molecule has 1 fully saturated rings. The van der Waals surface area contributed by atoms with E-state index in [1.165, 1.54) is 12.3 Å². The van der Waals surface area contributed by atoms with Crippen LogP contribution in [0.3, 0.4) is 0 Å². The molecule has 1 aliphatic rings. The number of nitrogens with two attached hydrogens (primary N) is 1. The molecule has 0 saturated carbocycles. The molecule has 1 unspecified atom stereocenters. The van der Waals surface area contributed by atoms with Crippen molar-refractivity contribution in [3.8, 4) is 11.1 Å². The van der Waals surface area contributed by atoms with Crippen LogP contribution in [-0.2, 0) is 25.6 Å². The number of halogens is 1. The SMILES string of the molecule is NCc1ccc(C(=O)Nc2ccncc2F)cc1-c1cccc(NC(=O)COC2CCOC2=O)c1. The number of ether oxygens (including phenoxy) is 2. The number of nitrogens with one attached hydrogen (secondary N) is 2. The van der Waals surface area contributed by atoms with Gasteiger partial charge in [-0.2, -0.15) is 0 Å². The van der Waals surface area contributed by atoms with Crippen LogP contribution in [0.2, 0.25) is 0 Å². The van der Waals surface area contributed by atoms with Crippen molar-refractivity contribution in [3.63, 3.8) is 0 Å². The largest absolute Gasteiger partial charge is 0.464 e. The highest BCUT2D eigenvalue weighted by molar-refractivity contribution is 6.05. The second-order valence-electron chi connectivity index (χ2n) is 7.77. The van der Waals surface area contributed by atoms with E-state index >= 15 is 0 Å². The summed E-state index contributed by atoms with van der Waals surface area (Å²) >= 11 is 0. The topological polar surface area (TPSA) is 133 Å². The molecule has 2 amide bonds. The number of cyclic esters (lactones) is 1. The Bertz CT molecular complexity index is 1270. The normalized spacial score (nSPS) is 14.9. The molecule has 1 aromatic heterocycles. The van der Waals surface area contributed by atoms with E-state index < -0.39 is 29.7 Å². The molecular weight excluding hydrogens is 455 g/mol. The first-order valence-electron chi connectivity index (χ1n) is 10.9. The molecule has 35 heavy (non-hydrogen) atoms. The maximum Gasteiger partial charge on any atom is 0.335 e. The van der Waals surface area contributed by atoms with Crippen molar-refractivity contribution in [1.29, 1.82) is 0 Å². The third kappa shape index (κ3) is 5.86. The summed E-state index contributed by atoms with van der Waals surface area (Å²) in [5.41, 5.74) is 8.92. The summed E-state index contributed by atoms with van der Waals surface area (Å²) in [4.78, 5) is 40.2. The van der Waals surface area contributed by atoms with Crippen LogP contribution in [0.1, 0.15) is 22.3 Å². The van der Waals surface area contributed by atoms with Crippen molar-refractivity contribution in [3.05, 3.63) is 77.9 Å². The van der Waals surface area contributed by atoms with Gasteiger partial charge in [-0.25, -0.2) is 9.18 Å². The van der Waals surface area contributed by atoms with Crippen LogP contribution in [0.15, 0.2) is 60.9 Å². The number of hydrogen-bond acceptors (Lipinski definition) is 7. The molecule has 0 spiro atoms. The Kier molecular flexibility index (Phi) is 7.44. The summed E-state index contributed by atoms with van der Waals surface area (Å²) < 4.78 is 24.0. The molecular formula is C25H23FN4O5. The van der Waals surface area contributed by atoms with Gasteiger partial charge in [0, 0.05) is 30.4 Å². The van der Waals surface area contributed by atoms with Crippen LogP contribution in [0.25, 0.3) is 11.1 Å². The van der Waals surface area contributed by atoms with Gasteiger partial charge in [0.2, 0.25) is 5.91 Å². The first-order valence-corrected chi connectivity index (χ1v) is 10.9. The number of aromatic nitrogens is 1. The minimum absolute atomic E-state index is 0.0206. The third-order valence-electron chi connectivity index (χ3n) is 5.37. The number of nitrogens with zero attached hydrogens (tertiary/aromatic N) is 1. The highest BCUT2D eigenvalue weighted by Gasteiger charge is 2.27.